The van der Waals surface area contributed by atoms with Crippen LogP contribution in [0, 0.1) is 0 Å². The highest BCUT2D eigenvalue weighted by Gasteiger charge is 2.27. The zero-order chi connectivity index (χ0) is 47.6. The Labute approximate surface area is 397 Å². The Morgan fingerprint density at radius 3 is 1.34 bits per heavy atom. The molecule has 0 saturated heterocycles. The molecule has 11 heteroatoms. The summed E-state index contributed by atoms with van der Waals surface area (Å²) in [5, 5.41) is 8.93. The number of aliphatic carboxylic acids is 1. The number of allylic oxidation sites excluding steroid dienone is 12. The lowest BCUT2D eigenvalue weighted by Gasteiger charge is -2.20. The molecule has 65 heavy (non-hydrogen) atoms. The van der Waals surface area contributed by atoms with Gasteiger partial charge in [0.2, 0.25) is 0 Å². The summed E-state index contributed by atoms with van der Waals surface area (Å²) in [6.45, 7) is 3.75. The first-order valence-electron chi connectivity index (χ1n) is 26.0. The van der Waals surface area contributed by atoms with Gasteiger partial charge in [-0.2, -0.15) is 0 Å². The molecule has 0 radical (unpaired) electrons. The maximum Gasteiger partial charge on any atom is 0.472 e. The van der Waals surface area contributed by atoms with E-state index in [2.05, 4.69) is 86.8 Å². The molecule has 0 aromatic heterocycles. The first kappa shape index (κ1) is 62.4. The van der Waals surface area contributed by atoms with Gasteiger partial charge < -0.3 is 25.2 Å². The minimum Gasteiger partial charge on any atom is -0.480 e. The van der Waals surface area contributed by atoms with Crippen molar-refractivity contribution in [3.05, 3.63) is 72.9 Å². The number of phosphoric ester groups is 1. The molecule has 0 spiro atoms. The summed E-state index contributed by atoms with van der Waals surface area (Å²) in [5.74, 6) is -1.78. The number of hydrogen-bond donors (Lipinski definition) is 3. The predicted molar refractivity (Wildman–Crippen MR) is 272 cm³/mol. The summed E-state index contributed by atoms with van der Waals surface area (Å²) >= 11 is 0. The van der Waals surface area contributed by atoms with Gasteiger partial charge in [-0.3, -0.25) is 18.6 Å². The number of carbonyl (C=O) groups is 2. The number of hydrogen-bond acceptors (Lipinski definition) is 8. The van der Waals surface area contributed by atoms with Crippen LogP contribution >= 0.6 is 7.82 Å². The van der Waals surface area contributed by atoms with E-state index in [0.717, 1.165) is 77.0 Å². The van der Waals surface area contributed by atoms with Gasteiger partial charge in [0.15, 0.2) is 0 Å². The Hall–Kier alpha value is -2.59. The van der Waals surface area contributed by atoms with Crippen LogP contribution in [0.5, 0.6) is 0 Å². The summed E-state index contributed by atoms with van der Waals surface area (Å²) in [6, 6.07) is -1.48. The standard InChI is InChI=1S/C54H96NO9P/c1-3-5-7-9-11-13-15-17-19-21-23-24-25-26-27-29-31-33-35-37-39-41-43-45-47-61-48-51(49-62-65(59,60)63-50-52(55)54(57)58)64-53(56)46-44-42-40-38-36-34-32-30-28-22-20-18-16-14-12-10-8-6-4-2/h5,7,11-14,17-20,23-24,51-52H,3-4,6,8-10,15-16,21-22,25-50,55H2,1-2H3,(H,57,58)(H,59,60)/b7-5-,13-11-,14-12-,19-17-,20-18-,24-23-. The monoisotopic (exact) mass is 934 g/mol. The quantitative estimate of drug-likeness (QED) is 0.0232. The molecular formula is C54H96NO9P. The second kappa shape index (κ2) is 49.3. The van der Waals surface area contributed by atoms with Crippen molar-refractivity contribution < 1.29 is 42.7 Å². The van der Waals surface area contributed by atoms with E-state index in [-0.39, 0.29) is 13.0 Å². The molecular weight excluding hydrogens is 838 g/mol. The summed E-state index contributed by atoms with van der Waals surface area (Å²) in [4.78, 5) is 33.7. The van der Waals surface area contributed by atoms with Crippen LogP contribution in [0.3, 0.4) is 0 Å². The van der Waals surface area contributed by atoms with Crippen molar-refractivity contribution in [3.8, 4) is 0 Å². The largest absolute Gasteiger partial charge is 0.480 e. The van der Waals surface area contributed by atoms with Crippen molar-refractivity contribution in [2.75, 3.05) is 26.4 Å². The number of carboxylic acid groups (broad SMARTS) is 1. The van der Waals surface area contributed by atoms with Gasteiger partial charge in [-0.1, -0.05) is 202 Å². The van der Waals surface area contributed by atoms with Crippen LogP contribution in [0.4, 0.5) is 0 Å². The molecule has 3 atom stereocenters. The highest BCUT2D eigenvalue weighted by molar-refractivity contribution is 7.47. The zero-order valence-corrected chi connectivity index (χ0v) is 42.2. The zero-order valence-electron chi connectivity index (χ0n) is 41.3. The Morgan fingerprint density at radius 1 is 0.508 bits per heavy atom. The average molecular weight is 934 g/mol. The van der Waals surface area contributed by atoms with Gasteiger partial charge in [0, 0.05) is 13.0 Å². The first-order valence-corrected chi connectivity index (χ1v) is 27.5. The van der Waals surface area contributed by atoms with Gasteiger partial charge >= 0.3 is 19.8 Å². The number of phosphoric acid groups is 1. The van der Waals surface area contributed by atoms with E-state index in [4.69, 9.17) is 29.4 Å². The van der Waals surface area contributed by atoms with Crippen LogP contribution in [0.1, 0.15) is 219 Å². The van der Waals surface area contributed by atoms with Gasteiger partial charge in [-0.15, -0.1) is 0 Å². The third-order valence-corrected chi connectivity index (χ3v) is 11.9. The number of nitrogens with two attached hydrogens (primary N) is 1. The molecule has 4 N–H and O–H groups in total. The summed E-state index contributed by atoms with van der Waals surface area (Å²) < 4.78 is 33.5. The van der Waals surface area contributed by atoms with E-state index in [0.29, 0.717) is 13.0 Å². The molecule has 0 rings (SSSR count). The predicted octanol–water partition coefficient (Wildman–Crippen LogP) is 15.3. The highest BCUT2D eigenvalue weighted by Crippen LogP contribution is 2.43. The fraction of sp³-hybridized carbons (Fsp3) is 0.741. The molecule has 0 fully saturated rings. The number of unbranched alkanes of at least 4 members (excludes halogenated alkanes) is 23. The molecule has 0 heterocycles. The van der Waals surface area contributed by atoms with Crippen molar-refractivity contribution in [1.29, 1.82) is 0 Å². The van der Waals surface area contributed by atoms with E-state index in [1.54, 1.807) is 0 Å². The molecule has 0 aromatic rings. The molecule has 3 unspecified atom stereocenters. The summed E-state index contributed by atoms with van der Waals surface area (Å²) in [6.07, 6.45) is 62.4. The number of rotatable bonds is 49. The van der Waals surface area contributed by atoms with E-state index < -0.39 is 45.1 Å². The first-order chi connectivity index (χ1) is 31.7. The fourth-order valence-electron chi connectivity index (χ4n) is 6.98. The Bertz CT molecular complexity index is 1310. The number of carbonyl (C=O) groups excluding carboxylic acids is 1. The molecule has 376 valence electrons. The van der Waals surface area contributed by atoms with Crippen molar-refractivity contribution >= 4 is 19.8 Å². The van der Waals surface area contributed by atoms with E-state index in [9.17, 15) is 19.0 Å². The van der Waals surface area contributed by atoms with E-state index in [1.807, 2.05) is 0 Å². The van der Waals surface area contributed by atoms with Crippen LogP contribution in [0.15, 0.2) is 72.9 Å². The molecule has 0 aromatic carbocycles. The topological polar surface area (TPSA) is 155 Å². The molecule has 10 nitrogen and oxygen atoms in total. The number of ether oxygens (including phenoxy) is 2. The third kappa shape index (κ3) is 49.1. The van der Waals surface area contributed by atoms with Gasteiger partial charge in [-0.25, -0.2) is 4.57 Å². The maximum absolute atomic E-state index is 12.7. The SMILES string of the molecule is CC/C=C\C/C=C\C/C=C\C/C=C\CCCCCCCCCCCCCOCC(COP(=O)(O)OCC(N)C(=O)O)OC(=O)CCCCCCCCCCC/C=C\C/C=C\CCCCC. The lowest BCUT2D eigenvalue weighted by Crippen LogP contribution is -2.34. The van der Waals surface area contributed by atoms with Crippen LogP contribution in [-0.4, -0.2) is 60.5 Å². The van der Waals surface area contributed by atoms with Crippen LogP contribution in [0.25, 0.3) is 0 Å². The van der Waals surface area contributed by atoms with Gasteiger partial charge in [0.05, 0.1) is 19.8 Å². The van der Waals surface area contributed by atoms with Gasteiger partial charge in [0.25, 0.3) is 0 Å². The summed E-state index contributed by atoms with van der Waals surface area (Å²) in [7, 11) is -4.63. The number of carboxylic acids is 1. The minimum atomic E-state index is -4.63. The minimum absolute atomic E-state index is 0.0106. The molecule has 0 aliphatic rings. The van der Waals surface area contributed by atoms with Crippen molar-refractivity contribution in [3.63, 3.8) is 0 Å². The van der Waals surface area contributed by atoms with Crippen LogP contribution in [-0.2, 0) is 32.7 Å². The number of esters is 1. The van der Waals surface area contributed by atoms with Crippen LogP contribution in [0.2, 0.25) is 0 Å². The fourth-order valence-corrected chi connectivity index (χ4v) is 7.76. The molecule has 0 aliphatic carbocycles. The second-order valence-electron chi connectivity index (χ2n) is 17.3. The highest BCUT2D eigenvalue weighted by atomic mass is 31.2. The van der Waals surface area contributed by atoms with Gasteiger partial charge in [0.1, 0.15) is 12.1 Å². The maximum atomic E-state index is 12.7. The van der Waals surface area contributed by atoms with E-state index >= 15 is 0 Å². The normalized spacial score (nSPS) is 14.3. The smallest absolute Gasteiger partial charge is 0.472 e. The van der Waals surface area contributed by atoms with Crippen LogP contribution < -0.4 is 5.73 Å². The van der Waals surface area contributed by atoms with E-state index in [1.165, 1.54) is 116 Å². The lowest BCUT2D eigenvalue weighted by molar-refractivity contribution is -0.154. The van der Waals surface area contributed by atoms with Gasteiger partial charge in [-0.05, 0) is 83.5 Å². The second-order valence-corrected chi connectivity index (χ2v) is 18.7. The molecule has 0 aliphatic heterocycles. The molecule has 0 saturated carbocycles. The molecule has 0 bridgehead atoms. The van der Waals surface area contributed by atoms with Crippen molar-refractivity contribution in [2.45, 2.75) is 231 Å². The Balaban J connectivity index is 4.14. The lowest BCUT2D eigenvalue weighted by atomic mass is 10.1. The Kier molecular flexibility index (Phi) is 47.4. The summed E-state index contributed by atoms with van der Waals surface area (Å²) in [5.41, 5.74) is 5.38. The van der Waals surface area contributed by atoms with Crippen molar-refractivity contribution in [1.82, 2.24) is 0 Å². The average Bonchev–Trinajstić information content (AvgIpc) is 3.29. The third-order valence-electron chi connectivity index (χ3n) is 11.0. The molecule has 0 amide bonds. The Morgan fingerprint density at radius 2 is 0.892 bits per heavy atom. The van der Waals surface area contributed by atoms with Crippen molar-refractivity contribution in [2.24, 2.45) is 5.73 Å².